The first-order valence-corrected chi connectivity index (χ1v) is 4.09. The predicted molar refractivity (Wildman–Crippen MR) is 54.2 cm³/mol. The third-order valence-corrected chi connectivity index (χ3v) is 1.85. The lowest BCUT2D eigenvalue weighted by atomic mass is 10.1. The summed E-state index contributed by atoms with van der Waals surface area (Å²) in [5.74, 6) is -0.105. The van der Waals surface area contributed by atoms with E-state index in [-0.39, 0.29) is 11.3 Å². The number of nitro benzene ring substituents is 1. The topological polar surface area (TPSA) is 69.4 Å². The first-order chi connectivity index (χ1) is 7.10. The quantitative estimate of drug-likeness (QED) is 0.327. The maximum Gasteiger partial charge on any atom is 0.280 e. The Kier molecular flexibility index (Phi) is 3.17. The molecule has 5 nitrogen and oxygen atoms in total. The standard InChI is InChI=1S/C10H9NO4/c1-3-10(12)8-6-7(15-2)4-5-9(8)11(13)14/h3-6H,1H2,2H3. The van der Waals surface area contributed by atoms with E-state index in [1.807, 2.05) is 0 Å². The van der Waals surface area contributed by atoms with Crippen LogP contribution in [-0.4, -0.2) is 17.8 Å². The predicted octanol–water partition coefficient (Wildman–Crippen LogP) is 1.97. The molecule has 0 N–H and O–H groups in total. The molecule has 0 bridgehead atoms. The number of methoxy groups -OCH3 is 1. The van der Waals surface area contributed by atoms with Crippen LogP contribution in [0.5, 0.6) is 5.75 Å². The lowest BCUT2D eigenvalue weighted by Crippen LogP contribution is -2.01. The minimum Gasteiger partial charge on any atom is -0.497 e. The van der Waals surface area contributed by atoms with Gasteiger partial charge in [-0.2, -0.15) is 0 Å². The second-order valence-electron chi connectivity index (χ2n) is 2.71. The number of hydrogen-bond donors (Lipinski definition) is 0. The van der Waals surface area contributed by atoms with Crippen LogP contribution in [0.3, 0.4) is 0 Å². The molecular formula is C10H9NO4. The van der Waals surface area contributed by atoms with Crippen LogP contribution in [0.4, 0.5) is 5.69 Å². The molecule has 0 aliphatic rings. The zero-order valence-electron chi connectivity index (χ0n) is 8.10. The van der Waals surface area contributed by atoms with Gasteiger partial charge < -0.3 is 4.74 Å². The van der Waals surface area contributed by atoms with Crippen LogP contribution >= 0.6 is 0 Å². The van der Waals surface area contributed by atoms with Crippen molar-refractivity contribution < 1.29 is 14.5 Å². The van der Waals surface area contributed by atoms with Crippen molar-refractivity contribution in [1.82, 2.24) is 0 Å². The summed E-state index contributed by atoms with van der Waals surface area (Å²) in [6.07, 6.45) is 1.03. The molecule has 0 heterocycles. The molecule has 1 aromatic carbocycles. The number of ketones is 1. The van der Waals surface area contributed by atoms with Gasteiger partial charge in [-0.25, -0.2) is 0 Å². The van der Waals surface area contributed by atoms with E-state index in [1.165, 1.54) is 25.3 Å². The average molecular weight is 207 g/mol. The van der Waals surface area contributed by atoms with Gasteiger partial charge in [0.05, 0.1) is 12.0 Å². The van der Waals surface area contributed by atoms with Crippen LogP contribution in [0.1, 0.15) is 10.4 Å². The van der Waals surface area contributed by atoms with Crippen molar-refractivity contribution in [3.8, 4) is 5.75 Å². The molecule has 0 atom stereocenters. The Hall–Kier alpha value is -2.17. The van der Waals surface area contributed by atoms with E-state index < -0.39 is 10.7 Å². The summed E-state index contributed by atoms with van der Waals surface area (Å²) in [6.45, 7) is 3.28. The molecule has 0 fully saturated rings. The zero-order chi connectivity index (χ0) is 11.4. The lowest BCUT2D eigenvalue weighted by Gasteiger charge is -2.02. The van der Waals surface area contributed by atoms with Crippen LogP contribution in [0.2, 0.25) is 0 Å². The summed E-state index contributed by atoms with van der Waals surface area (Å²) < 4.78 is 4.88. The van der Waals surface area contributed by atoms with E-state index in [9.17, 15) is 14.9 Å². The number of carbonyl (C=O) groups excluding carboxylic acids is 1. The van der Waals surface area contributed by atoms with Gasteiger partial charge in [-0.3, -0.25) is 14.9 Å². The van der Waals surface area contributed by atoms with Gasteiger partial charge in [-0.15, -0.1) is 0 Å². The highest BCUT2D eigenvalue weighted by atomic mass is 16.6. The third kappa shape index (κ3) is 2.19. The SMILES string of the molecule is C=CC(=O)c1cc(OC)ccc1[N+](=O)[O-]. The first-order valence-electron chi connectivity index (χ1n) is 4.09. The highest BCUT2D eigenvalue weighted by Gasteiger charge is 2.18. The maximum absolute atomic E-state index is 11.3. The number of nitro groups is 1. The molecule has 5 heteroatoms. The van der Waals surface area contributed by atoms with Crippen LogP contribution in [0, 0.1) is 10.1 Å². The summed E-state index contributed by atoms with van der Waals surface area (Å²) in [7, 11) is 1.42. The van der Waals surface area contributed by atoms with Crippen LogP contribution in [0.15, 0.2) is 30.9 Å². The fourth-order valence-corrected chi connectivity index (χ4v) is 1.11. The van der Waals surface area contributed by atoms with Crippen LogP contribution in [-0.2, 0) is 0 Å². The first kappa shape index (κ1) is 10.9. The van der Waals surface area contributed by atoms with E-state index >= 15 is 0 Å². The number of hydrogen-bond acceptors (Lipinski definition) is 4. The van der Waals surface area contributed by atoms with Crippen molar-refractivity contribution in [3.63, 3.8) is 0 Å². The molecule has 1 rings (SSSR count). The van der Waals surface area contributed by atoms with Gasteiger partial charge in [-0.1, -0.05) is 6.58 Å². The van der Waals surface area contributed by atoms with Crippen molar-refractivity contribution in [1.29, 1.82) is 0 Å². The highest BCUT2D eigenvalue weighted by Crippen LogP contribution is 2.24. The number of benzene rings is 1. The number of carbonyl (C=O) groups is 1. The second-order valence-corrected chi connectivity index (χ2v) is 2.71. The van der Waals surface area contributed by atoms with E-state index in [4.69, 9.17) is 4.74 Å². The third-order valence-electron chi connectivity index (χ3n) is 1.85. The average Bonchev–Trinajstić information content (AvgIpc) is 2.26. The fraction of sp³-hybridized carbons (Fsp3) is 0.100. The largest absolute Gasteiger partial charge is 0.497 e. The Bertz CT molecular complexity index is 425. The molecule has 0 aromatic heterocycles. The van der Waals surface area contributed by atoms with Gasteiger partial charge in [0, 0.05) is 6.07 Å². The molecule has 0 spiro atoms. The van der Waals surface area contributed by atoms with Gasteiger partial charge in [0.25, 0.3) is 5.69 Å². The van der Waals surface area contributed by atoms with Crippen LogP contribution < -0.4 is 4.74 Å². The Morgan fingerprint density at radius 2 is 2.27 bits per heavy atom. The monoisotopic (exact) mass is 207 g/mol. The van der Waals surface area contributed by atoms with Crippen molar-refractivity contribution in [2.75, 3.05) is 7.11 Å². The molecule has 0 unspecified atom stereocenters. The van der Waals surface area contributed by atoms with Gasteiger partial charge in [0.15, 0.2) is 5.78 Å². The summed E-state index contributed by atoms with van der Waals surface area (Å²) >= 11 is 0. The van der Waals surface area contributed by atoms with Crippen molar-refractivity contribution in [2.45, 2.75) is 0 Å². The molecule has 0 aliphatic heterocycles. The molecule has 0 radical (unpaired) electrons. The molecule has 1 aromatic rings. The zero-order valence-corrected chi connectivity index (χ0v) is 8.10. The van der Waals surface area contributed by atoms with E-state index in [2.05, 4.69) is 6.58 Å². The number of rotatable bonds is 4. The molecule has 0 saturated heterocycles. The molecule has 78 valence electrons. The second kappa shape index (κ2) is 4.36. The number of ether oxygens (including phenoxy) is 1. The van der Waals surface area contributed by atoms with Crippen molar-refractivity contribution in [2.24, 2.45) is 0 Å². The normalized spacial score (nSPS) is 9.40. The van der Waals surface area contributed by atoms with Crippen LogP contribution in [0.25, 0.3) is 0 Å². The molecule has 0 aliphatic carbocycles. The maximum atomic E-state index is 11.3. The lowest BCUT2D eigenvalue weighted by molar-refractivity contribution is -0.385. The smallest absolute Gasteiger partial charge is 0.280 e. The summed E-state index contributed by atoms with van der Waals surface area (Å²) in [4.78, 5) is 21.3. The Balaban J connectivity index is 3.34. The minimum absolute atomic E-state index is 0.0191. The minimum atomic E-state index is -0.615. The molecule has 0 amide bonds. The van der Waals surface area contributed by atoms with E-state index in [1.54, 1.807) is 0 Å². The van der Waals surface area contributed by atoms with Gasteiger partial charge in [-0.05, 0) is 18.2 Å². The van der Waals surface area contributed by atoms with Gasteiger partial charge in [0.2, 0.25) is 0 Å². The Morgan fingerprint density at radius 1 is 1.60 bits per heavy atom. The molecular weight excluding hydrogens is 198 g/mol. The van der Waals surface area contributed by atoms with Crippen molar-refractivity contribution >= 4 is 11.5 Å². The van der Waals surface area contributed by atoms with Crippen molar-refractivity contribution in [3.05, 3.63) is 46.5 Å². The van der Waals surface area contributed by atoms with E-state index in [0.717, 1.165) is 6.08 Å². The molecule has 0 saturated carbocycles. The summed E-state index contributed by atoms with van der Waals surface area (Å²) in [5, 5.41) is 10.6. The number of allylic oxidation sites excluding steroid dienone is 1. The van der Waals surface area contributed by atoms with Gasteiger partial charge >= 0.3 is 0 Å². The summed E-state index contributed by atoms with van der Waals surface area (Å²) in [5.41, 5.74) is -0.268. The fourth-order valence-electron chi connectivity index (χ4n) is 1.11. The Labute approximate surface area is 86.1 Å². The number of nitrogens with zero attached hydrogens (tertiary/aromatic N) is 1. The molecule has 15 heavy (non-hydrogen) atoms. The summed E-state index contributed by atoms with van der Waals surface area (Å²) in [6, 6.07) is 3.98. The van der Waals surface area contributed by atoms with E-state index in [0.29, 0.717) is 5.75 Å². The highest BCUT2D eigenvalue weighted by molar-refractivity contribution is 6.07. The van der Waals surface area contributed by atoms with Gasteiger partial charge in [0.1, 0.15) is 11.3 Å². The Morgan fingerprint density at radius 3 is 2.73 bits per heavy atom.